The SMILES string of the molecule is Cl.NC1CS(=O)(=O)CC1F. The van der Waals surface area contributed by atoms with Crippen LogP contribution in [-0.2, 0) is 9.84 Å². The van der Waals surface area contributed by atoms with E-state index in [9.17, 15) is 12.8 Å². The van der Waals surface area contributed by atoms with Gasteiger partial charge in [0.25, 0.3) is 0 Å². The molecule has 0 aromatic rings. The van der Waals surface area contributed by atoms with Gasteiger partial charge in [0.15, 0.2) is 9.84 Å². The predicted octanol–water partition coefficient (Wildman–Crippen LogP) is -0.498. The summed E-state index contributed by atoms with van der Waals surface area (Å²) in [6.45, 7) is 0. The molecule has 0 aromatic carbocycles. The average molecular weight is 190 g/mol. The van der Waals surface area contributed by atoms with E-state index in [0.29, 0.717) is 0 Å². The van der Waals surface area contributed by atoms with Crippen LogP contribution in [0.25, 0.3) is 0 Å². The fraction of sp³-hybridized carbons (Fsp3) is 1.00. The standard InChI is InChI=1S/C4H8FNO2S.ClH/c5-3-1-9(7,8)2-4(3)6;/h3-4H,1-2,6H2;1H. The molecule has 3 nitrogen and oxygen atoms in total. The maximum Gasteiger partial charge on any atom is 0.154 e. The van der Waals surface area contributed by atoms with Gasteiger partial charge in [-0.3, -0.25) is 0 Å². The lowest BCUT2D eigenvalue weighted by Gasteiger charge is -1.98. The molecule has 1 saturated heterocycles. The Hall–Kier alpha value is 0.130. The molecular weight excluding hydrogens is 181 g/mol. The van der Waals surface area contributed by atoms with Crippen molar-refractivity contribution in [3.05, 3.63) is 0 Å². The van der Waals surface area contributed by atoms with Crippen LogP contribution in [0, 0.1) is 0 Å². The Morgan fingerprint density at radius 2 is 1.90 bits per heavy atom. The van der Waals surface area contributed by atoms with E-state index < -0.39 is 27.8 Å². The second-order valence-electron chi connectivity index (χ2n) is 2.26. The molecule has 1 rings (SSSR count). The lowest BCUT2D eigenvalue weighted by atomic mass is 10.3. The fourth-order valence-electron chi connectivity index (χ4n) is 0.832. The Bertz CT molecular complexity index is 189. The number of hydrogen-bond acceptors (Lipinski definition) is 3. The van der Waals surface area contributed by atoms with Crippen LogP contribution in [0.2, 0.25) is 0 Å². The third-order valence-electron chi connectivity index (χ3n) is 1.32. The summed E-state index contributed by atoms with van der Waals surface area (Å²) in [4.78, 5) is 0. The first-order chi connectivity index (χ1) is 4.01. The molecule has 1 aliphatic heterocycles. The third-order valence-corrected chi connectivity index (χ3v) is 3.04. The molecule has 2 atom stereocenters. The van der Waals surface area contributed by atoms with Gasteiger partial charge in [0, 0.05) is 0 Å². The van der Waals surface area contributed by atoms with Crippen molar-refractivity contribution < 1.29 is 12.8 Å². The van der Waals surface area contributed by atoms with Gasteiger partial charge in [-0.1, -0.05) is 0 Å². The topological polar surface area (TPSA) is 60.2 Å². The molecule has 10 heavy (non-hydrogen) atoms. The molecule has 62 valence electrons. The third kappa shape index (κ3) is 2.07. The summed E-state index contributed by atoms with van der Waals surface area (Å²) in [5.41, 5.74) is 5.10. The molecule has 0 bridgehead atoms. The Morgan fingerprint density at radius 3 is 2.00 bits per heavy atom. The lowest BCUT2D eigenvalue weighted by Crippen LogP contribution is -2.29. The van der Waals surface area contributed by atoms with Crippen molar-refractivity contribution in [2.24, 2.45) is 5.73 Å². The molecule has 0 saturated carbocycles. The van der Waals surface area contributed by atoms with Crippen LogP contribution >= 0.6 is 12.4 Å². The highest BCUT2D eigenvalue weighted by atomic mass is 35.5. The van der Waals surface area contributed by atoms with Crippen molar-refractivity contribution in [3.63, 3.8) is 0 Å². The Balaban J connectivity index is 0.000000810. The summed E-state index contributed by atoms with van der Waals surface area (Å²) in [5.74, 6) is -0.595. The molecule has 0 spiro atoms. The summed E-state index contributed by atoms with van der Waals surface area (Å²) in [5, 5.41) is 0. The van der Waals surface area contributed by atoms with E-state index in [4.69, 9.17) is 5.73 Å². The minimum Gasteiger partial charge on any atom is -0.324 e. The Morgan fingerprint density at radius 1 is 1.40 bits per heavy atom. The van der Waals surface area contributed by atoms with E-state index in [1.807, 2.05) is 0 Å². The summed E-state index contributed by atoms with van der Waals surface area (Å²) in [7, 11) is -3.14. The van der Waals surface area contributed by atoms with Crippen LogP contribution in [0.3, 0.4) is 0 Å². The minimum absolute atomic E-state index is 0. The van der Waals surface area contributed by atoms with Gasteiger partial charge in [-0.15, -0.1) is 12.4 Å². The molecule has 1 heterocycles. The molecule has 1 fully saturated rings. The summed E-state index contributed by atoms with van der Waals surface area (Å²) in [6, 6.07) is -0.796. The molecule has 1 aliphatic rings. The van der Waals surface area contributed by atoms with Crippen LogP contribution in [0.1, 0.15) is 0 Å². The van der Waals surface area contributed by atoms with Gasteiger partial charge in [-0.2, -0.15) is 0 Å². The maximum atomic E-state index is 12.3. The van der Waals surface area contributed by atoms with Gasteiger partial charge in [-0.05, 0) is 0 Å². The van der Waals surface area contributed by atoms with Crippen LogP contribution in [-0.4, -0.2) is 32.1 Å². The fourth-order valence-corrected chi connectivity index (χ4v) is 2.50. The van der Waals surface area contributed by atoms with E-state index >= 15 is 0 Å². The maximum absolute atomic E-state index is 12.3. The van der Waals surface area contributed by atoms with E-state index in [1.54, 1.807) is 0 Å². The zero-order valence-electron chi connectivity index (χ0n) is 5.16. The van der Waals surface area contributed by atoms with E-state index in [1.165, 1.54) is 0 Å². The lowest BCUT2D eigenvalue weighted by molar-refractivity contribution is 0.336. The molecule has 0 aromatic heterocycles. The first-order valence-electron chi connectivity index (χ1n) is 2.61. The molecule has 2 unspecified atom stereocenters. The van der Waals surface area contributed by atoms with Gasteiger partial charge in [0.2, 0.25) is 0 Å². The van der Waals surface area contributed by atoms with Crippen molar-refractivity contribution in [1.82, 2.24) is 0 Å². The normalized spacial score (nSPS) is 37.0. The van der Waals surface area contributed by atoms with E-state index in [2.05, 4.69) is 0 Å². The Kier molecular flexibility index (Phi) is 3.06. The van der Waals surface area contributed by atoms with Gasteiger partial charge in [0.1, 0.15) is 6.17 Å². The smallest absolute Gasteiger partial charge is 0.154 e. The van der Waals surface area contributed by atoms with Crippen molar-refractivity contribution in [3.8, 4) is 0 Å². The van der Waals surface area contributed by atoms with Crippen molar-refractivity contribution in [2.75, 3.05) is 11.5 Å². The average Bonchev–Trinajstić information content (AvgIpc) is 1.79. The number of rotatable bonds is 0. The summed E-state index contributed by atoms with van der Waals surface area (Å²) in [6.07, 6.45) is -1.35. The van der Waals surface area contributed by atoms with Gasteiger partial charge >= 0.3 is 0 Å². The van der Waals surface area contributed by atoms with Crippen LogP contribution in [0.4, 0.5) is 4.39 Å². The van der Waals surface area contributed by atoms with Crippen molar-refractivity contribution >= 4 is 22.2 Å². The second-order valence-corrected chi connectivity index (χ2v) is 4.41. The molecule has 2 N–H and O–H groups in total. The molecule has 6 heteroatoms. The Labute approximate surface area is 65.1 Å². The highest BCUT2D eigenvalue weighted by molar-refractivity contribution is 7.91. The van der Waals surface area contributed by atoms with Crippen LogP contribution in [0.5, 0.6) is 0 Å². The molecule has 0 aliphatic carbocycles. The quantitative estimate of drug-likeness (QED) is 0.559. The predicted molar refractivity (Wildman–Crippen MR) is 38.8 cm³/mol. The molecule has 0 amide bonds. The first-order valence-corrected chi connectivity index (χ1v) is 4.43. The minimum atomic E-state index is -3.14. The van der Waals surface area contributed by atoms with Crippen LogP contribution in [0.15, 0.2) is 0 Å². The van der Waals surface area contributed by atoms with Crippen molar-refractivity contribution in [1.29, 1.82) is 0 Å². The number of halogens is 2. The highest BCUT2D eigenvalue weighted by Crippen LogP contribution is 2.12. The number of sulfone groups is 1. The monoisotopic (exact) mass is 189 g/mol. The van der Waals surface area contributed by atoms with Crippen molar-refractivity contribution in [2.45, 2.75) is 12.2 Å². The first kappa shape index (κ1) is 10.1. The van der Waals surface area contributed by atoms with Crippen LogP contribution < -0.4 is 5.73 Å². The number of nitrogens with two attached hydrogens (primary N) is 1. The zero-order chi connectivity index (χ0) is 7.07. The van der Waals surface area contributed by atoms with Gasteiger partial charge < -0.3 is 5.73 Å². The number of alkyl halides is 1. The zero-order valence-corrected chi connectivity index (χ0v) is 6.79. The summed E-state index contributed by atoms with van der Waals surface area (Å²) >= 11 is 0. The van der Waals surface area contributed by atoms with Gasteiger partial charge in [0.05, 0.1) is 17.5 Å². The highest BCUT2D eigenvalue weighted by Gasteiger charge is 2.34. The van der Waals surface area contributed by atoms with E-state index in [-0.39, 0.29) is 18.2 Å². The molecule has 0 radical (unpaired) electrons. The van der Waals surface area contributed by atoms with E-state index in [0.717, 1.165) is 0 Å². The largest absolute Gasteiger partial charge is 0.324 e. The molecular formula is C4H9ClFNO2S. The second kappa shape index (κ2) is 3.02. The van der Waals surface area contributed by atoms with Gasteiger partial charge in [-0.25, -0.2) is 12.8 Å². The number of hydrogen-bond donors (Lipinski definition) is 1. The summed E-state index contributed by atoms with van der Waals surface area (Å²) < 4.78 is 33.4.